The van der Waals surface area contributed by atoms with Crippen LogP contribution in [-0.2, 0) is 11.0 Å². The molecule has 1 amide bonds. The van der Waals surface area contributed by atoms with Gasteiger partial charge < -0.3 is 15.3 Å². The summed E-state index contributed by atoms with van der Waals surface area (Å²) in [6.07, 6.45) is -4.69. The van der Waals surface area contributed by atoms with Gasteiger partial charge in [0.25, 0.3) is 5.69 Å². The van der Waals surface area contributed by atoms with Crippen LogP contribution in [0.3, 0.4) is 0 Å². The van der Waals surface area contributed by atoms with Crippen LogP contribution in [0.1, 0.15) is 5.56 Å². The highest BCUT2D eigenvalue weighted by Crippen LogP contribution is 2.34. The molecule has 11 heteroatoms. The lowest BCUT2D eigenvalue weighted by atomic mass is 10.1. The van der Waals surface area contributed by atoms with E-state index in [4.69, 9.17) is 16.7 Å². The summed E-state index contributed by atoms with van der Waals surface area (Å²) in [5.74, 6) is -0.727. The number of aliphatic hydroxyl groups excluding tert-OH is 1. The second kappa shape index (κ2) is 8.69. The number of amides is 1. The number of benzene rings is 1. The molecule has 0 bridgehead atoms. The monoisotopic (exact) mass is 369 g/mol. The Morgan fingerprint density at radius 1 is 1.38 bits per heavy atom. The van der Waals surface area contributed by atoms with Gasteiger partial charge in [0.05, 0.1) is 17.1 Å². The quantitative estimate of drug-likeness (QED) is 0.415. The molecule has 0 aliphatic rings. The fourth-order valence-electron chi connectivity index (χ4n) is 1.90. The van der Waals surface area contributed by atoms with Crippen LogP contribution < -0.4 is 5.32 Å². The molecule has 7 nitrogen and oxygen atoms in total. The predicted molar refractivity (Wildman–Crippen MR) is 81.0 cm³/mol. The lowest BCUT2D eigenvalue weighted by molar-refractivity contribution is -0.384. The van der Waals surface area contributed by atoms with E-state index in [1.807, 2.05) is 0 Å². The van der Waals surface area contributed by atoms with Crippen LogP contribution in [0.4, 0.5) is 24.5 Å². The maximum atomic E-state index is 12.6. The summed E-state index contributed by atoms with van der Waals surface area (Å²) in [5.41, 5.74) is -1.95. The van der Waals surface area contributed by atoms with Crippen LogP contribution in [-0.4, -0.2) is 53.0 Å². The summed E-state index contributed by atoms with van der Waals surface area (Å²) < 4.78 is 37.8. The minimum Gasteiger partial charge on any atom is -0.395 e. The Labute approximate surface area is 140 Å². The third kappa shape index (κ3) is 5.53. The van der Waals surface area contributed by atoms with Crippen molar-refractivity contribution in [1.29, 1.82) is 0 Å². The molecule has 1 aromatic carbocycles. The average molecular weight is 370 g/mol. The van der Waals surface area contributed by atoms with Gasteiger partial charge in [-0.15, -0.1) is 11.6 Å². The first kappa shape index (κ1) is 20.0. The third-order valence-corrected chi connectivity index (χ3v) is 3.28. The van der Waals surface area contributed by atoms with E-state index < -0.39 is 28.3 Å². The Bertz CT molecular complexity index is 598. The highest BCUT2D eigenvalue weighted by Gasteiger charge is 2.33. The van der Waals surface area contributed by atoms with E-state index in [2.05, 4.69) is 5.32 Å². The Kier molecular flexibility index (Phi) is 7.23. The number of alkyl halides is 4. The van der Waals surface area contributed by atoms with Gasteiger partial charge in [0, 0.05) is 25.7 Å². The van der Waals surface area contributed by atoms with Gasteiger partial charge in [-0.2, -0.15) is 13.2 Å². The lowest BCUT2D eigenvalue weighted by Gasteiger charge is -2.21. The number of nitrogens with zero attached hydrogens (tertiary/aromatic N) is 2. The van der Waals surface area contributed by atoms with Crippen molar-refractivity contribution in [3.63, 3.8) is 0 Å². The van der Waals surface area contributed by atoms with Gasteiger partial charge >= 0.3 is 6.18 Å². The molecule has 0 aromatic heterocycles. The fourth-order valence-corrected chi connectivity index (χ4v) is 2.07. The first-order valence-electron chi connectivity index (χ1n) is 6.74. The summed E-state index contributed by atoms with van der Waals surface area (Å²) in [6.45, 7) is -0.148. The average Bonchev–Trinajstić information content (AvgIpc) is 2.52. The summed E-state index contributed by atoms with van der Waals surface area (Å²) >= 11 is 5.42. The molecule has 24 heavy (non-hydrogen) atoms. The smallest absolute Gasteiger partial charge is 0.395 e. The van der Waals surface area contributed by atoms with E-state index in [9.17, 15) is 28.1 Å². The van der Waals surface area contributed by atoms with E-state index in [1.54, 1.807) is 0 Å². The summed E-state index contributed by atoms with van der Waals surface area (Å²) in [7, 11) is 0. The largest absolute Gasteiger partial charge is 0.416 e. The molecule has 0 radical (unpaired) electrons. The van der Waals surface area contributed by atoms with Crippen LogP contribution in [0.2, 0.25) is 0 Å². The zero-order valence-corrected chi connectivity index (χ0v) is 13.1. The van der Waals surface area contributed by atoms with Crippen LogP contribution >= 0.6 is 11.6 Å². The molecule has 1 rings (SSSR count). The second-order valence-corrected chi connectivity index (χ2v) is 4.92. The van der Waals surface area contributed by atoms with Crippen LogP contribution in [0, 0.1) is 10.1 Å². The lowest BCUT2D eigenvalue weighted by Crippen LogP contribution is -2.37. The van der Waals surface area contributed by atoms with Crippen molar-refractivity contribution in [2.75, 3.05) is 37.4 Å². The SMILES string of the molecule is O=C(CCl)N(CCO)CCNc1ccc(C(F)(F)F)cc1[N+](=O)[O-]. The zero-order chi connectivity index (χ0) is 18.3. The Morgan fingerprint density at radius 3 is 2.54 bits per heavy atom. The van der Waals surface area contributed by atoms with Crippen LogP contribution in [0.15, 0.2) is 18.2 Å². The molecule has 0 aliphatic carbocycles. The van der Waals surface area contributed by atoms with E-state index in [1.165, 1.54) is 4.90 Å². The predicted octanol–water partition coefficient (Wildman–Crippen LogP) is 2.09. The number of anilines is 1. The van der Waals surface area contributed by atoms with Crippen molar-refractivity contribution < 1.29 is 28.0 Å². The number of halogens is 4. The molecular weight excluding hydrogens is 355 g/mol. The summed E-state index contributed by atoms with van der Waals surface area (Å²) in [6, 6.07) is 2.13. The maximum Gasteiger partial charge on any atom is 0.416 e. The molecular formula is C13H15ClF3N3O4. The number of rotatable bonds is 8. The normalized spacial score (nSPS) is 11.2. The van der Waals surface area contributed by atoms with Gasteiger partial charge in [-0.25, -0.2) is 0 Å². The molecule has 0 unspecified atom stereocenters. The number of hydrogen-bond donors (Lipinski definition) is 2. The molecule has 0 heterocycles. The van der Waals surface area contributed by atoms with E-state index >= 15 is 0 Å². The molecule has 0 atom stereocenters. The Balaban J connectivity index is 2.84. The highest BCUT2D eigenvalue weighted by molar-refractivity contribution is 6.27. The van der Waals surface area contributed by atoms with Crippen molar-refractivity contribution in [2.24, 2.45) is 0 Å². The molecule has 0 saturated heterocycles. The maximum absolute atomic E-state index is 12.6. The van der Waals surface area contributed by atoms with Crippen molar-refractivity contribution in [1.82, 2.24) is 4.90 Å². The third-order valence-electron chi connectivity index (χ3n) is 3.06. The number of hydrogen-bond acceptors (Lipinski definition) is 5. The summed E-state index contributed by atoms with van der Waals surface area (Å²) in [4.78, 5) is 22.7. The number of nitro benzene ring substituents is 1. The topological polar surface area (TPSA) is 95.7 Å². The number of aliphatic hydroxyl groups is 1. The minimum absolute atomic E-state index is 0.0301. The van der Waals surface area contributed by atoms with Crippen molar-refractivity contribution >= 4 is 28.9 Å². The zero-order valence-electron chi connectivity index (χ0n) is 12.3. The van der Waals surface area contributed by atoms with Crippen molar-refractivity contribution in [2.45, 2.75) is 6.18 Å². The first-order chi connectivity index (χ1) is 11.2. The molecule has 1 aromatic rings. The van der Waals surface area contributed by atoms with Gasteiger partial charge in [0.2, 0.25) is 5.91 Å². The van der Waals surface area contributed by atoms with E-state index in [-0.39, 0.29) is 37.8 Å². The number of nitro groups is 1. The molecule has 0 aliphatic heterocycles. The minimum atomic E-state index is -4.69. The fraction of sp³-hybridized carbons (Fsp3) is 0.462. The van der Waals surface area contributed by atoms with E-state index in [0.29, 0.717) is 6.07 Å². The van der Waals surface area contributed by atoms with E-state index in [0.717, 1.165) is 12.1 Å². The summed E-state index contributed by atoms with van der Waals surface area (Å²) in [5, 5.41) is 22.4. The molecule has 0 spiro atoms. The Hall–Kier alpha value is -2.07. The van der Waals surface area contributed by atoms with Gasteiger partial charge in [-0.3, -0.25) is 14.9 Å². The molecule has 0 fully saturated rings. The van der Waals surface area contributed by atoms with Gasteiger partial charge in [0.15, 0.2) is 0 Å². The van der Waals surface area contributed by atoms with Gasteiger partial charge in [-0.1, -0.05) is 0 Å². The second-order valence-electron chi connectivity index (χ2n) is 4.65. The van der Waals surface area contributed by atoms with Gasteiger partial charge in [0.1, 0.15) is 11.6 Å². The van der Waals surface area contributed by atoms with Crippen molar-refractivity contribution in [3.8, 4) is 0 Å². The molecule has 0 saturated carbocycles. The number of nitrogens with one attached hydrogen (secondary N) is 1. The van der Waals surface area contributed by atoms with Crippen LogP contribution in [0.25, 0.3) is 0 Å². The molecule has 134 valence electrons. The highest BCUT2D eigenvalue weighted by atomic mass is 35.5. The standard InChI is InChI=1S/C13H15ClF3N3O4/c14-8-12(22)19(5-6-21)4-3-18-10-2-1-9(13(15,16)17)7-11(10)20(23)24/h1-2,7,18,21H,3-6,8H2. The first-order valence-corrected chi connectivity index (χ1v) is 7.28. The number of carbonyl (C=O) groups is 1. The number of carbonyl (C=O) groups excluding carboxylic acids is 1. The van der Waals surface area contributed by atoms with Crippen LogP contribution in [0.5, 0.6) is 0 Å². The molecule has 2 N–H and O–H groups in total. The Morgan fingerprint density at radius 2 is 2.04 bits per heavy atom. The van der Waals surface area contributed by atoms with Gasteiger partial charge in [-0.05, 0) is 12.1 Å². The van der Waals surface area contributed by atoms with Crippen molar-refractivity contribution in [3.05, 3.63) is 33.9 Å².